The number of benzene rings is 1. The maximum absolute atomic E-state index is 12.5. The van der Waals surface area contributed by atoms with Crippen molar-refractivity contribution in [2.24, 2.45) is 11.7 Å². The van der Waals surface area contributed by atoms with Crippen LogP contribution in [0.5, 0.6) is 11.5 Å². The monoisotopic (exact) mass is 292 g/mol. The van der Waals surface area contributed by atoms with Gasteiger partial charge < -0.3 is 20.1 Å². The minimum absolute atomic E-state index is 0.00418. The summed E-state index contributed by atoms with van der Waals surface area (Å²) in [5.74, 6) is 1.68. The molecule has 1 aromatic carbocycles. The van der Waals surface area contributed by atoms with Crippen molar-refractivity contribution in [3.63, 3.8) is 0 Å². The number of likely N-dealkylation sites (N-methyl/N-ethyl adjacent to an activating group) is 1. The van der Waals surface area contributed by atoms with Crippen molar-refractivity contribution >= 4 is 5.91 Å². The van der Waals surface area contributed by atoms with Gasteiger partial charge in [-0.05, 0) is 30.5 Å². The van der Waals surface area contributed by atoms with Gasteiger partial charge in [0, 0.05) is 13.1 Å². The standard InChI is InChI=1S/C16H24N2O3/c1-4-11(3)15(17)16(19)18(5-2)9-12-6-7-13-14(8-12)21-10-20-13/h6-8,11,15H,4-5,9-10,17H2,1-3H3. The Morgan fingerprint density at radius 2 is 2.05 bits per heavy atom. The van der Waals surface area contributed by atoms with Crippen molar-refractivity contribution in [1.29, 1.82) is 0 Å². The minimum atomic E-state index is -0.441. The highest BCUT2D eigenvalue weighted by Crippen LogP contribution is 2.32. The molecule has 1 heterocycles. The molecule has 0 bridgehead atoms. The van der Waals surface area contributed by atoms with E-state index in [4.69, 9.17) is 15.2 Å². The first-order valence-corrected chi connectivity index (χ1v) is 7.49. The van der Waals surface area contributed by atoms with Gasteiger partial charge in [0.15, 0.2) is 11.5 Å². The van der Waals surface area contributed by atoms with Gasteiger partial charge in [0.1, 0.15) is 0 Å². The molecular weight excluding hydrogens is 268 g/mol. The molecular formula is C16H24N2O3. The Kier molecular flexibility index (Phi) is 5.07. The van der Waals surface area contributed by atoms with E-state index >= 15 is 0 Å². The third-order valence-electron chi connectivity index (χ3n) is 4.05. The Bertz CT molecular complexity index is 504. The fraction of sp³-hybridized carbons (Fsp3) is 0.562. The zero-order valence-corrected chi connectivity index (χ0v) is 13.0. The highest BCUT2D eigenvalue weighted by atomic mass is 16.7. The first kappa shape index (κ1) is 15.6. The van der Waals surface area contributed by atoms with Crippen molar-refractivity contribution in [2.45, 2.75) is 39.8 Å². The van der Waals surface area contributed by atoms with Gasteiger partial charge in [0.05, 0.1) is 6.04 Å². The van der Waals surface area contributed by atoms with Crippen molar-refractivity contribution in [3.8, 4) is 11.5 Å². The average molecular weight is 292 g/mol. The van der Waals surface area contributed by atoms with Gasteiger partial charge in [-0.1, -0.05) is 26.3 Å². The molecule has 0 saturated carbocycles. The smallest absolute Gasteiger partial charge is 0.240 e. The molecule has 1 aromatic rings. The molecule has 5 nitrogen and oxygen atoms in total. The molecule has 1 amide bonds. The van der Waals surface area contributed by atoms with E-state index in [1.165, 1.54) is 0 Å². The average Bonchev–Trinajstić information content (AvgIpc) is 2.97. The van der Waals surface area contributed by atoms with Crippen LogP contribution >= 0.6 is 0 Å². The van der Waals surface area contributed by atoms with Gasteiger partial charge in [-0.15, -0.1) is 0 Å². The van der Waals surface area contributed by atoms with Crippen LogP contribution in [0.4, 0.5) is 0 Å². The molecule has 0 saturated heterocycles. The number of rotatable bonds is 6. The molecule has 21 heavy (non-hydrogen) atoms. The van der Waals surface area contributed by atoms with Crippen LogP contribution in [0, 0.1) is 5.92 Å². The molecule has 116 valence electrons. The molecule has 2 atom stereocenters. The van der Waals surface area contributed by atoms with Gasteiger partial charge in [0.25, 0.3) is 0 Å². The van der Waals surface area contributed by atoms with Crippen LogP contribution in [0.25, 0.3) is 0 Å². The summed E-state index contributed by atoms with van der Waals surface area (Å²) in [6.07, 6.45) is 0.897. The predicted octanol–water partition coefficient (Wildman–Crippen LogP) is 2.14. The Labute approximate surface area is 126 Å². The van der Waals surface area contributed by atoms with Crippen LogP contribution in [0.3, 0.4) is 0 Å². The lowest BCUT2D eigenvalue weighted by molar-refractivity contribution is -0.134. The van der Waals surface area contributed by atoms with Crippen molar-refractivity contribution in [3.05, 3.63) is 23.8 Å². The van der Waals surface area contributed by atoms with Gasteiger partial charge in [-0.25, -0.2) is 0 Å². The second-order valence-corrected chi connectivity index (χ2v) is 5.45. The van der Waals surface area contributed by atoms with Crippen LogP contribution in [-0.4, -0.2) is 30.2 Å². The van der Waals surface area contributed by atoms with E-state index in [0.29, 0.717) is 13.1 Å². The maximum atomic E-state index is 12.5. The Hall–Kier alpha value is -1.75. The summed E-state index contributed by atoms with van der Waals surface area (Å²) in [6.45, 7) is 7.46. The van der Waals surface area contributed by atoms with E-state index in [2.05, 4.69) is 0 Å². The summed E-state index contributed by atoms with van der Waals surface area (Å²) < 4.78 is 10.7. The number of hydrogen-bond acceptors (Lipinski definition) is 4. The molecule has 2 unspecified atom stereocenters. The fourth-order valence-corrected chi connectivity index (χ4v) is 2.31. The fourth-order valence-electron chi connectivity index (χ4n) is 2.31. The molecule has 0 fully saturated rings. The zero-order chi connectivity index (χ0) is 15.4. The van der Waals surface area contributed by atoms with E-state index in [1.54, 1.807) is 4.90 Å². The Morgan fingerprint density at radius 3 is 2.71 bits per heavy atom. The molecule has 0 aromatic heterocycles. The third-order valence-corrected chi connectivity index (χ3v) is 4.05. The third kappa shape index (κ3) is 3.47. The highest BCUT2D eigenvalue weighted by molar-refractivity contribution is 5.82. The van der Waals surface area contributed by atoms with E-state index < -0.39 is 6.04 Å². The van der Waals surface area contributed by atoms with Gasteiger partial charge in [0.2, 0.25) is 12.7 Å². The first-order chi connectivity index (χ1) is 10.1. The number of nitrogens with zero attached hydrogens (tertiary/aromatic N) is 1. The van der Waals surface area contributed by atoms with Crippen LogP contribution in [0.15, 0.2) is 18.2 Å². The quantitative estimate of drug-likeness (QED) is 0.872. The van der Waals surface area contributed by atoms with Crippen molar-refractivity contribution in [2.75, 3.05) is 13.3 Å². The SMILES string of the molecule is CCC(C)C(N)C(=O)N(CC)Cc1ccc2c(c1)OCO2. The molecule has 0 radical (unpaired) electrons. The summed E-state index contributed by atoms with van der Waals surface area (Å²) in [7, 11) is 0. The van der Waals surface area contributed by atoms with Crippen molar-refractivity contribution in [1.82, 2.24) is 4.90 Å². The topological polar surface area (TPSA) is 64.8 Å². The molecule has 1 aliphatic heterocycles. The molecule has 2 rings (SSSR count). The lowest BCUT2D eigenvalue weighted by atomic mass is 9.98. The Morgan fingerprint density at radius 1 is 1.33 bits per heavy atom. The lowest BCUT2D eigenvalue weighted by Crippen LogP contribution is -2.46. The second kappa shape index (κ2) is 6.80. The first-order valence-electron chi connectivity index (χ1n) is 7.49. The summed E-state index contributed by atoms with van der Waals surface area (Å²) in [5.41, 5.74) is 7.07. The largest absolute Gasteiger partial charge is 0.454 e. The van der Waals surface area contributed by atoms with E-state index in [1.807, 2.05) is 39.0 Å². The zero-order valence-electron chi connectivity index (χ0n) is 13.0. The normalized spacial score (nSPS) is 15.6. The van der Waals surface area contributed by atoms with E-state index in [-0.39, 0.29) is 18.6 Å². The predicted molar refractivity (Wildman–Crippen MR) is 81.1 cm³/mol. The van der Waals surface area contributed by atoms with Gasteiger partial charge in [-0.2, -0.15) is 0 Å². The molecule has 5 heteroatoms. The number of ether oxygens (including phenoxy) is 2. The minimum Gasteiger partial charge on any atom is -0.454 e. The van der Waals surface area contributed by atoms with Crippen molar-refractivity contribution < 1.29 is 14.3 Å². The second-order valence-electron chi connectivity index (χ2n) is 5.45. The van der Waals surface area contributed by atoms with Gasteiger partial charge >= 0.3 is 0 Å². The maximum Gasteiger partial charge on any atom is 0.240 e. The summed E-state index contributed by atoms with van der Waals surface area (Å²) in [6, 6.07) is 5.32. The number of hydrogen-bond donors (Lipinski definition) is 1. The summed E-state index contributed by atoms with van der Waals surface area (Å²) >= 11 is 0. The summed E-state index contributed by atoms with van der Waals surface area (Å²) in [5, 5.41) is 0. The van der Waals surface area contributed by atoms with Crippen LogP contribution in [0.2, 0.25) is 0 Å². The van der Waals surface area contributed by atoms with Crippen LogP contribution in [-0.2, 0) is 11.3 Å². The number of fused-ring (bicyclic) bond motifs is 1. The number of carbonyl (C=O) groups is 1. The highest BCUT2D eigenvalue weighted by Gasteiger charge is 2.24. The Balaban J connectivity index is 2.06. The van der Waals surface area contributed by atoms with E-state index in [0.717, 1.165) is 23.5 Å². The van der Waals surface area contributed by atoms with Gasteiger partial charge in [-0.3, -0.25) is 4.79 Å². The number of carbonyl (C=O) groups excluding carboxylic acids is 1. The lowest BCUT2D eigenvalue weighted by Gasteiger charge is -2.27. The molecule has 1 aliphatic rings. The van der Waals surface area contributed by atoms with Crippen LogP contribution in [0.1, 0.15) is 32.8 Å². The van der Waals surface area contributed by atoms with Crippen LogP contribution < -0.4 is 15.2 Å². The number of nitrogens with two attached hydrogens (primary N) is 1. The molecule has 2 N–H and O–H groups in total. The number of amides is 1. The molecule has 0 aliphatic carbocycles. The van der Waals surface area contributed by atoms with E-state index in [9.17, 15) is 4.79 Å². The summed E-state index contributed by atoms with van der Waals surface area (Å²) in [4.78, 5) is 14.2. The molecule has 0 spiro atoms.